The number of nitrogens with zero attached hydrogens (tertiary/aromatic N) is 1. The van der Waals surface area contributed by atoms with Crippen molar-refractivity contribution in [3.05, 3.63) is 35.4 Å². The van der Waals surface area contributed by atoms with Crippen molar-refractivity contribution in [3.63, 3.8) is 0 Å². The molecule has 2 aliphatic rings. The molecule has 1 saturated heterocycles. The van der Waals surface area contributed by atoms with E-state index in [9.17, 15) is 13.6 Å². The van der Waals surface area contributed by atoms with Crippen molar-refractivity contribution >= 4 is 5.91 Å². The van der Waals surface area contributed by atoms with Gasteiger partial charge in [-0.15, -0.1) is 0 Å². The van der Waals surface area contributed by atoms with Gasteiger partial charge >= 0.3 is 0 Å². The first-order valence-corrected chi connectivity index (χ1v) is 7.53. The third kappa shape index (κ3) is 3.44. The molecule has 1 aromatic rings. The summed E-state index contributed by atoms with van der Waals surface area (Å²) in [5.41, 5.74) is 6.78. The van der Waals surface area contributed by atoms with Crippen LogP contribution < -0.4 is 5.73 Å². The molecule has 1 saturated carbocycles. The molecule has 1 atom stereocenters. The van der Waals surface area contributed by atoms with Crippen LogP contribution in [0.2, 0.25) is 0 Å². The van der Waals surface area contributed by atoms with Crippen LogP contribution in [0.1, 0.15) is 28.8 Å². The highest BCUT2D eigenvalue weighted by atomic mass is 19.3. The van der Waals surface area contributed by atoms with Crippen LogP contribution in [0.15, 0.2) is 24.3 Å². The molecule has 0 spiro atoms. The van der Waals surface area contributed by atoms with E-state index < -0.39 is 11.8 Å². The molecule has 22 heavy (non-hydrogen) atoms. The predicted octanol–water partition coefficient (Wildman–Crippen LogP) is 2.03. The number of primary amides is 1. The van der Waals surface area contributed by atoms with Crippen molar-refractivity contribution in [2.75, 3.05) is 19.7 Å². The summed E-state index contributed by atoms with van der Waals surface area (Å²) < 4.78 is 31.6. The highest BCUT2D eigenvalue weighted by molar-refractivity contribution is 5.92. The van der Waals surface area contributed by atoms with Crippen LogP contribution in [0.5, 0.6) is 0 Å². The fourth-order valence-corrected chi connectivity index (χ4v) is 3.16. The minimum absolute atomic E-state index is 0.0324. The van der Waals surface area contributed by atoms with Crippen LogP contribution in [-0.2, 0) is 11.3 Å². The highest BCUT2D eigenvalue weighted by Gasteiger charge is 2.49. The molecule has 0 aromatic heterocycles. The molecule has 6 heteroatoms. The van der Waals surface area contributed by atoms with E-state index in [1.807, 2.05) is 12.1 Å². The monoisotopic (exact) mass is 310 g/mol. The van der Waals surface area contributed by atoms with E-state index >= 15 is 0 Å². The van der Waals surface area contributed by atoms with E-state index in [0.717, 1.165) is 18.7 Å². The van der Waals surface area contributed by atoms with Gasteiger partial charge in [-0.3, -0.25) is 9.69 Å². The first-order chi connectivity index (χ1) is 10.4. The second-order valence-electron chi connectivity index (χ2n) is 6.23. The normalized spacial score (nSPS) is 25.6. The zero-order chi connectivity index (χ0) is 15.7. The van der Waals surface area contributed by atoms with Crippen LogP contribution in [0.3, 0.4) is 0 Å². The lowest BCUT2D eigenvalue weighted by Gasteiger charge is -2.44. The lowest BCUT2D eigenvalue weighted by molar-refractivity contribution is -0.168. The summed E-state index contributed by atoms with van der Waals surface area (Å²) in [4.78, 5) is 13.3. The molecule has 1 heterocycles. The van der Waals surface area contributed by atoms with Gasteiger partial charge in [0, 0.05) is 38.0 Å². The van der Waals surface area contributed by atoms with Crippen molar-refractivity contribution in [1.29, 1.82) is 0 Å². The van der Waals surface area contributed by atoms with E-state index in [4.69, 9.17) is 10.5 Å². The molecule has 2 fully saturated rings. The second-order valence-corrected chi connectivity index (χ2v) is 6.23. The molecule has 120 valence electrons. The molecule has 3 rings (SSSR count). The maximum absolute atomic E-state index is 13.0. The Morgan fingerprint density at radius 3 is 2.59 bits per heavy atom. The first-order valence-electron chi connectivity index (χ1n) is 7.53. The fraction of sp³-hybridized carbons (Fsp3) is 0.562. The standard InChI is InChI=1S/C16H20F2N2O2/c17-16(18)7-13(8-16)14-10-20(5-6-22-14)9-11-1-3-12(4-2-11)15(19)21/h1-4,13-14H,5-10H2,(H2,19,21). The lowest BCUT2D eigenvalue weighted by atomic mass is 9.77. The fourth-order valence-electron chi connectivity index (χ4n) is 3.16. The van der Waals surface area contributed by atoms with Crippen molar-refractivity contribution in [2.24, 2.45) is 11.7 Å². The van der Waals surface area contributed by atoms with Gasteiger partial charge in [0.15, 0.2) is 0 Å². The Bertz CT molecular complexity index is 540. The molecule has 4 nitrogen and oxygen atoms in total. The van der Waals surface area contributed by atoms with Crippen LogP contribution in [0.25, 0.3) is 0 Å². The van der Waals surface area contributed by atoms with Gasteiger partial charge in [-0.2, -0.15) is 0 Å². The van der Waals surface area contributed by atoms with E-state index in [-0.39, 0.29) is 24.9 Å². The summed E-state index contributed by atoms with van der Waals surface area (Å²) in [6.45, 7) is 2.77. The van der Waals surface area contributed by atoms with Crippen LogP contribution in [0.4, 0.5) is 8.78 Å². The molecule has 1 aliphatic carbocycles. The van der Waals surface area contributed by atoms with E-state index in [1.54, 1.807) is 12.1 Å². The van der Waals surface area contributed by atoms with Crippen molar-refractivity contribution < 1.29 is 18.3 Å². The van der Waals surface area contributed by atoms with Gasteiger partial charge in [-0.05, 0) is 23.6 Å². The summed E-state index contributed by atoms with van der Waals surface area (Å²) in [6.07, 6.45) is -0.212. The molecular formula is C16H20F2N2O2. The number of rotatable bonds is 4. The average Bonchev–Trinajstić information content (AvgIpc) is 2.45. The SMILES string of the molecule is NC(=O)c1ccc(CN2CCOC(C3CC(F)(F)C3)C2)cc1. The zero-order valence-corrected chi connectivity index (χ0v) is 12.3. The van der Waals surface area contributed by atoms with Crippen LogP contribution in [0, 0.1) is 5.92 Å². The third-order valence-electron chi connectivity index (χ3n) is 4.47. The van der Waals surface area contributed by atoms with Crippen molar-refractivity contribution in [1.82, 2.24) is 4.90 Å². The topological polar surface area (TPSA) is 55.6 Å². The molecule has 1 aromatic carbocycles. The minimum Gasteiger partial charge on any atom is -0.375 e. The number of alkyl halides is 2. The lowest BCUT2D eigenvalue weighted by Crippen LogP contribution is -2.51. The Hall–Kier alpha value is -1.53. The van der Waals surface area contributed by atoms with E-state index in [0.29, 0.717) is 18.7 Å². The third-order valence-corrected chi connectivity index (χ3v) is 4.47. The van der Waals surface area contributed by atoms with Crippen molar-refractivity contribution in [3.8, 4) is 0 Å². The first kappa shape index (κ1) is 15.4. The highest BCUT2D eigenvalue weighted by Crippen LogP contribution is 2.45. The Morgan fingerprint density at radius 1 is 1.32 bits per heavy atom. The van der Waals surface area contributed by atoms with Gasteiger partial charge in [0.25, 0.3) is 0 Å². The van der Waals surface area contributed by atoms with Crippen LogP contribution in [-0.4, -0.2) is 42.5 Å². The molecule has 0 radical (unpaired) electrons. The van der Waals surface area contributed by atoms with Gasteiger partial charge in [-0.1, -0.05) is 12.1 Å². The molecule has 1 aliphatic heterocycles. The maximum Gasteiger partial charge on any atom is 0.248 e. The number of benzene rings is 1. The predicted molar refractivity (Wildman–Crippen MR) is 77.6 cm³/mol. The summed E-state index contributed by atoms with van der Waals surface area (Å²) in [6, 6.07) is 7.17. The summed E-state index contributed by atoms with van der Waals surface area (Å²) in [5.74, 6) is -2.97. The second kappa shape index (κ2) is 5.93. The van der Waals surface area contributed by atoms with Crippen molar-refractivity contribution in [2.45, 2.75) is 31.4 Å². The number of carbonyl (C=O) groups excluding carboxylic acids is 1. The molecule has 1 amide bonds. The summed E-state index contributed by atoms with van der Waals surface area (Å²) in [7, 11) is 0. The Morgan fingerprint density at radius 2 is 2.00 bits per heavy atom. The maximum atomic E-state index is 13.0. The van der Waals surface area contributed by atoms with Crippen LogP contribution >= 0.6 is 0 Å². The average molecular weight is 310 g/mol. The summed E-state index contributed by atoms with van der Waals surface area (Å²) in [5, 5.41) is 0. The van der Waals surface area contributed by atoms with Gasteiger partial charge in [0.2, 0.25) is 11.8 Å². The number of halogens is 2. The number of hydrogen-bond donors (Lipinski definition) is 1. The largest absolute Gasteiger partial charge is 0.375 e. The Labute approximate surface area is 128 Å². The quantitative estimate of drug-likeness (QED) is 0.926. The molecule has 2 N–H and O–H groups in total. The molecule has 1 unspecified atom stereocenters. The number of morpholine rings is 1. The number of hydrogen-bond acceptors (Lipinski definition) is 3. The summed E-state index contributed by atoms with van der Waals surface area (Å²) >= 11 is 0. The molecule has 0 bridgehead atoms. The van der Waals surface area contributed by atoms with Gasteiger partial charge < -0.3 is 10.5 Å². The number of amides is 1. The number of ether oxygens (including phenoxy) is 1. The number of nitrogens with two attached hydrogens (primary N) is 1. The van der Waals surface area contributed by atoms with Gasteiger partial charge in [-0.25, -0.2) is 8.78 Å². The Balaban J connectivity index is 1.55. The van der Waals surface area contributed by atoms with E-state index in [2.05, 4.69) is 4.90 Å². The van der Waals surface area contributed by atoms with Gasteiger partial charge in [0.1, 0.15) is 0 Å². The van der Waals surface area contributed by atoms with Gasteiger partial charge in [0.05, 0.1) is 12.7 Å². The van der Waals surface area contributed by atoms with E-state index in [1.165, 1.54) is 0 Å². The minimum atomic E-state index is -2.50. The zero-order valence-electron chi connectivity index (χ0n) is 12.3. The molecular weight excluding hydrogens is 290 g/mol. The Kier molecular flexibility index (Phi) is 4.14. The number of carbonyl (C=O) groups is 1. The smallest absolute Gasteiger partial charge is 0.248 e.